The monoisotopic (exact) mass is 325 g/mol. The summed E-state index contributed by atoms with van der Waals surface area (Å²) >= 11 is 0. The van der Waals surface area contributed by atoms with Crippen molar-refractivity contribution in [3.8, 4) is 5.75 Å². The first-order valence-electron chi connectivity index (χ1n) is 7.30. The van der Waals surface area contributed by atoms with Gasteiger partial charge in [0, 0.05) is 26.2 Å². The van der Waals surface area contributed by atoms with Crippen molar-refractivity contribution in [2.45, 2.75) is 11.8 Å². The van der Waals surface area contributed by atoms with Gasteiger partial charge in [-0.05, 0) is 24.7 Å². The lowest BCUT2D eigenvalue weighted by molar-refractivity contribution is -0.118. The average Bonchev–Trinajstić information content (AvgIpc) is 2.54. The standard InChI is InChI=1S/C14H19N3O4S/c1-2-16-5-7-17(8-6-16)22(19,20)11-3-4-13-12(9-11)15-14(18)10-21-13/h3-4,9H,2,5-8,10H2,1H3,(H,15,18). The minimum Gasteiger partial charge on any atom is -0.482 e. The van der Waals surface area contributed by atoms with Crippen LogP contribution in [0.25, 0.3) is 0 Å². The summed E-state index contributed by atoms with van der Waals surface area (Å²) in [7, 11) is -3.54. The van der Waals surface area contributed by atoms with E-state index in [2.05, 4.69) is 17.1 Å². The van der Waals surface area contributed by atoms with Gasteiger partial charge >= 0.3 is 0 Å². The summed E-state index contributed by atoms with van der Waals surface area (Å²) in [6.45, 7) is 5.39. The number of benzene rings is 1. The number of hydrogen-bond donors (Lipinski definition) is 1. The van der Waals surface area contributed by atoms with Crippen molar-refractivity contribution in [2.24, 2.45) is 0 Å². The number of piperazine rings is 1. The van der Waals surface area contributed by atoms with Crippen molar-refractivity contribution >= 4 is 21.6 Å². The van der Waals surface area contributed by atoms with Crippen molar-refractivity contribution in [3.63, 3.8) is 0 Å². The van der Waals surface area contributed by atoms with E-state index in [9.17, 15) is 13.2 Å². The van der Waals surface area contributed by atoms with E-state index in [1.54, 1.807) is 6.07 Å². The van der Waals surface area contributed by atoms with Crippen molar-refractivity contribution in [1.29, 1.82) is 0 Å². The fraction of sp³-hybridized carbons (Fsp3) is 0.500. The second-order valence-electron chi connectivity index (χ2n) is 5.33. The van der Waals surface area contributed by atoms with Gasteiger partial charge in [0.1, 0.15) is 5.75 Å². The Balaban J connectivity index is 1.84. The predicted molar refractivity (Wildman–Crippen MR) is 81.4 cm³/mol. The Labute approximate surface area is 129 Å². The molecule has 2 aliphatic rings. The Morgan fingerprint density at radius 3 is 2.64 bits per heavy atom. The van der Waals surface area contributed by atoms with Gasteiger partial charge in [-0.15, -0.1) is 0 Å². The van der Waals surface area contributed by atoms with Gasteiger partial charge in [0.25, 0.3) is 5.91 Å². The molecule has 1 aromatic rings. The average molecular weight is 325 g/mol. The number of amides is 1. The predicted octanol–water partition coefficient (Wildman–Crippen LogP) is 0.344. The Morgan fingerprint density at radius 1 is 1.23 bits per heavy atom. The molecule has 1 amide bonds. The highest BCUT2D eigenvalue weighted by atomic mass is 32.2. The number of rotatable bonds is 3. The highest BCUT2D eigenvalue weighted by Gasteiger charge is 2.29. The van der Waals surface area contributed by atoms with Crippen molar-refractivity contribution in [2.75, 3.05) is 44.6 Å². The molecule has 8 heteroatoms. The topological polar surface area (TPSA) is 79.0 Å². The van der Waals surface area contributed by atoms with Crippen LogP contribution in [0.5, 0.6) is 5.75 Å². The van der Waals surface area contributed by atoms with E-state index in [0.29, 0.717) is 24.5 Å². The largest absolute Gasteiger partial charge is 0.482 e. The fourth-order valence-electron chi connectivity index (χ4n) is 2.66. The van der Waals surface area contributed by atoms with Crippen LogP contribution in [0.15, 0.2) is 23.1 Å². The highest BCUT2D eigenvalue weighted by molar-refractivity contribution is 7.89. The zero-order chi connectivity index (χ0) is 15.7. The first-order chi connectivity index (χ1) is 10.5. The van der Waals surface area contributed by atoms with Gasteiger partial charge in [-0.25, -0.2) is 8.42 Å². The zero-order valence-electron chi connectivity index (χ0n) is 12.4. The minimum absolute atomic E-state index is 0.0436. The first-order valence-corrected chi connectivity index (χ1v) is 8.74. The van der Waals surface area contributed by atoms with E-state index < -0.39 is 10.0 Å². The summed E-state index contributed by atoms with van der Waals surface area (Å²) in [6.07, 6.45) is 0. The lowest BCUT2D eigenvalue weighted by Crippen LogP contribution is -2.48. The normalized spacial score (nSPS) is 20.1. The van der Waals surface area contributed by atoms with Crippen LogP contribution >= 0.6 is 0 Å². The molecule has 0 spiro atoms. The molecular weight excluding hydrogens is 306 g/mol. The van der Waals surface area contributed by atoms with Crippen LogP contribution in [-0.4, -0.2) is 62.9 Å². The third-order valence-corrected chi connectivity index (χ3v) is 5.89. The molecule has 0 bridgehead atoms. The second kappa shape index (κ2) is 5.86. The molecule has 0 aromatic heterocycles. The third kappa shape index (κ3) is 2.81. The fourth-order valence-corrected chi connectivity index (χ4v) is 4.11. The van der Waals surface area contributed by atoms with Gasteiger partial charge in [-0.3, -0.25) is 4.79 Å². The Bertz CT molecular complexity index is 681. The summed E-state index contributed by atoms with van der Waals surface area (Å²) in [6, 6.07) is 4.58. The third-order valence-electron chi connectivity index (χ3n) is 4.00. The molecule has 0 saturated carbocycles. The zero-order valence-corrected chi connectivity index (χ0v) is 13.2. The maximum Gasteiger partial charge on any atom is 0.262 e. The van der Waals surface area contributed by atoms with E-state index in [0.717, 1.165) is 19.6 Å². The molecule has 120 valence electrons. The van der Waals surface area contributed by atoms with Crippen LogP contribution in [-0.2, 0) is 14.8 Å². The van der Waals surface area contributed by atoms with Crippen LogP contribution in [0.4, 0.5) is 5.69 Å². The molecule has 7 nitrogen and oxygen atoms in total. The number of sulfonamides is 1. The number of fused-ring (bicyclic) bond motifs is 1. The molecule has 22 heavy (non-hydrogen) atoms. The molecule has 0 unspecified atom stereocenters. The molecule has 1 aromatic carbocycles. The van der Waals surface area contributed by atoms with Crippen molar-refractivity contribution < 1.29 is 17.9 Å². The molecule has 1 saturated heterocycles. The van der Waals surface area contributed by atoms with Gasteiger partial charge in [0.05, 0.1) is 10.6 Å². The number of carbonyl (C=O) groups is 1. The van der Waals surface area contributed by atoms with E-state index in [-0.39, 0.29) is 17.4 Å². The van der Waals surface area contributed by atoms with E-state index in [1.807, 2.05) is 0 Å². The Morgan fingerprint density at radius 2 is 1.95 bits per heavy atom. The smallest absolute Gasteiger partial charge is 0.262 e. The summed E-state index contributed by atoms with van der Waals surface area (Å²) in [5.74, 6) is 0.216. The summed E-state index contributed by atoms with van der Waals surface area (Å²) in [4.78, 5) is 13.8. The molecule has 3 rings (SSSR count). The number of nitrogens with one attached hydrogen (secondary N) is 1. The number of hydrogen-bond acceptors (Lipinski definition) is 5. The molecule has 1 N–H and O–H groups in total. The summed E-state index contributed by atoms with van der Waals surface area (Å²) < 4.78 is 32.1. The number of nitrogens with zero attached hydrogens (tertiary/aromatic N) is 2. The van der Waals surface area contributed by atoms with Gasteiger partial charge in [-0.1, -0.05) is 6.92 Å². The number of carbonyl (C=O) groups excluding carboxylic acids is 1. The van der Waals surface area contributed by atoms with Crippen LogP contribution in [0.3, 0.4) is 0 Å². The van der Waals surface area contributed by atoms with Gasteiger partial charge in [0.15, 0.2) is 6.61 Å². The molecule has 1 fully saturated rings. The van der Waals surface area contributed by atoms with Gasteiger partial charge in [0.2, 0.25) is 10.0 Å². The molecule has 2 aliphatic heterocycles. The van der Waals surface area contributed by atoms with Crippen molar-refractivity contribution in [3.05, 3.63) is 18.2 Å². The van der Waals surface area contributed by atoms with Crippen LogP contribution in [0.1, 0.15) is 6.92 Å². The van der Waals surface area contributed by atoms with E-state index >= 15 is 0 Å². The Hall–Kier alpha value is -1.64. The molecule has 2 heterocycles. The minimum atomic E-state index is -3.54. The SMILES string of the molecule is CCN1CCN(S(=O)(=O)c2ccc3c(c2)NC(=O)CO3)CC1. The van der Waals surface area contributed by atoms with Gasteiger partial charge < -0.3 is 15.0 Å². The number of anilines is 1. The van der Waals surface area contributed by atoms with Crippen LogP contribution in [0, 0.1) is 0 Å². The second-order valence-corrected chi connectivity index (χ2v) is 7.27. The lowest BCUT2D eigenvalue weighted by Gasteiger charge is -2.33. The van der Waals surface area contributed by atoms with Gasteiger partial charge in [-0.2, -0.15) is 4.31 Å². The van der Waals surface area contributed by atoms with E-state index in [1.165, 1.54) is 16.4 Å². The van der Waals surface area contributed by atoms with Crippen molar-refractivity contribution in [1.82, 2.24) is 9.21 Å². The molecule has 0 aliphatic carbocycles. The van der Waals surface area contributed by atoms with Crippen LogP contribution in [0.2, 0.25) is 0 Å². The quantitative estimate of drug-likeness (QED) is 0.867. The van der Waals surface area contributed by atoms with E-state index in [4.69, 9.17) is 4.74 Å². The maximum absolute atomic E-state index is 12.7. The number of likely N-dealkylation sites (N-methyl/N-ethyl adjacent to an activating group) is 1. The summed E-state index contributed by atoms with van der Waals surface area (Å²) in [5.41, 5.74) is 0.407. The molecular formula is C14H19N3O4S. The molecule has 0 atom stereocenters. The van der Waals surface area contributed by atoms with Crippen LogP contribution < -0.4 is 10.1 Å². The number of ether oxygens (including phenoxy) is 1. The summed E-state index contributed by atoms with van der Waals surface area (Å²) in [5, 5.41) is 2.64. The first kappa shape index (κ1) is 15.3. The highest BCUT2D eigenvalue weighted by Crippen LogP contribution is 2.31. The lowest BCUT2D eigenvalue weighted by atomic mass is 10.2. The Kier molecular flexibility index (Phi) is 4.07. The molecule has 0 radical (unpaired) electrons. The maximum atomic E-state index is 12.7.